The third-order valence-electron chi connectivity index (χ3n) is 3.15. The van der Waals surface area contributed by atoms with E-state index in [2.05, 4.69) is 9.69 Å². The summed E-state index contributed by atoms with van der Waals surface area (Å²) in [7, 11) is -3.37. The lowest BCUT2D eigenvalue weighted by molar-refractivity contribution is 0.121. The molecule has 1 aromatic heterocycles. The number of hydrogen-bond acceptors (Lipinski definition) is 7. The Morgan fingerprint density at radius 2 is 2.32 bits per heavy atom. The Balaban J connectivity index is 2.27. The van der Waals surface area contributed by atoms with Crippen LogP contribution in [0.15, 0.2) is 4.90 Å². The molecule has 1 fully saturated rings. The van der Waals surface area contributed by atoms with Crippen LogP contribution in [0.4, 0.5) is 10.8 Å². The van der Waals surface area contributed by atoms with E-state index < -0.39 is 9.84 Å². The van der Waals surface area contributed by atoms with E-state index in [1.54, 1.807) is 0 Å². The van der Waals surface area contributed by atoms with Crippen LogP contribution in [0, 0.1) is 0 Å². The molecule has 1 saturated heterocycles. The molecule has 2 unspecified atom stereocenters. The van der Waals surface area contributed by atoms with Crippen molar-refractivity contribution in [2.75, 3.05) is 23.4 Å². The standard InChI is InChI=1S/C11H19N3O3S2/c1-3-6-19(15,16)9-10(12)14-18-11(9)13-8-4-5-17-7(8)2/h7-8,13H,3-6H2,1-2H3,(H2,12,14). The Hall–Kier alpha value is -0.860. The quantitative estimate of drug-likeness (QED) is 0.856. The van der Waals surface area contributed by atoms with Crippen molar-refractivity contribution in [1.82, 2.24) is 4.37 Å². The van der Waals surface area contributed by atoms with Gasteiger partial charge in [-0.3, -0.25) is 0 Å². The maximum atomic E-state index is 12.2. The molecule has 0 amide bonds. The number of nitrogens with zero attached hydrogens (tertiary/aromatic N) is 1. The molecule has 1 aliphatic heterocycles. The van der Waals surface area contributed by atoms with Gasteiger partial charge in [0.15, 0.2) is 15.7 Å². The van der Waals surface area contributed by atoms with Gasteiger partial charge in [-0.25, -0.2) is 8.42 Å². The summed E-state index contributed by atoms with van der Waals surface area (Å²) >= 11 is 1.10. The number of anilines is 2. The zero-order valence-electron chi connectivity index (χ0n) is 11.0. The molecular weight excluding hydrogens is 286 g/mol. The minimum atomic E-state index is -3.37. The van der Waals surface area contributed by atoms with Gasteiger partial charge < -0.3 is 15.8 Å². The lowest BCUT2D eigenvalue weighted by atomic mass is 10.2. The second-order valence-electron chi connectivity index (χ2n) is 4.66. The first kappa shape index (κ1) is 14.5. The molecule has 6 nitrogen and oxygen atoms in total. The van der Waals surface area contributed by atoms with Crippen LogP contribution in [0.5, 0.6) is 0 Å². The zero-order chi connectivity index (χ0) is 14.0. The maximum Gasteiger partial charge on any atom is 0.185 e. The van der Waals surface area contributed by atoms with Gasteiger partial charge in [-0.2, -0.15) is 4.37 Å². The molecule has 1 aromatic rings. The summed E-state index contributed by atoms with van der Waals surface area (Å²) in [5, 5.41) is 3.75. The molecule has 0 saturated carbocycles. The number of aromatic nitrogens is 1. The molecule has 1 aliphatic rings. The molecule has 0 aliphatic carbocycles. The second-order valence-corrected chi connectivity index (χ2v) is 7.48. The third-order valence-corrected chi connectivity index (χ3v) is 6.05. The number of nitrogens with two attached hydrogens (primary N) is 1. The smallest absolute Gasteiger partial charge is 0.185 e. The van der Waals surface area contributed by atoms with Gasteiger partial charge >= 0.3 is 0 Å². The molecule has 19 heavy (non-hydrogen) atoms. The minimum Gasteiger partial charge on any atom is -0.382 e. The molecule has 2 atom stereocenters. The van der Waals surface area contributed by atoms with Crippen molar-refractivity contribution in [2.45, 2.75) is 43.7 Å². The van der Waals surface area contributed by atoms with Crippen molar-refractivity contribution in [3.8, 4) is 0 Å². The highest BCUT2D eigenvalue weighted by Crippen LogP contribution is 2.34. The van der Waals surface area contributed by atoms with Gasteiger partial charge in [0.05, 0.1) is 17.9 Å². The largest absolute Gasteiger partial charge is 0.382 e. The van der Waals surface area contributed by atoms with E-state index in [0.29, 0.717) is 18.0 Å². The Morgan fingerprint density at radius 1 is 1.58 bits per heavy atom. The summed E-state index contributed by atoms with van der Waals surface area (Å²) in [6.07, 6.45) is 1.47. The van der Waals surface area contributed by atoms with Crippen LogP contribution in [0.25, 0.3) is 0 Å². The monoisotopic (exact) mass is 305 g/mol. The zero-order valence-corrected chi connectivity index (χ0v) is 12.7. The van der Waals surface area contributed by atoms with E-state index in [4.69, 9.17) is 10.5 Å². The Morgan fingerprint density at radius 3 is 2.89 bits per heavy atom. The van der Waals surface area contributed by atoms with Crippen molar-refractivity contribution < 1.29 is 13.2 Å². The van der Waals surface area contributed by atoms with Gasteiger partial charge in [0.25, 0.3) is 0 Å². The average Bonchev–Trinajstić information content (AvgIpc) is 2.87. The van der Waals surface area contributed by atoms with E-state index in [9.17, 15) is 8.42 Å². The van der Waals surface area contributed by atoms with Crippen LogP contribution < -0.4 is 11.1 Å². The van der Waals surface area contributed by atoms with E-state index in [-0.39, 0.29) is 28.6 Å². The van der Waals surface area contributed by atoms with Crippen molar-refractivity contribution in [3.05, 3.63) is 0 Å². The number of nitrogen functional groups attached to an aromatic ring is 1. The van der Waals surface area contributed by atoms with Gasteiger partial charge in [0.1, 0.15) is 9.90 Å². The summed E-state index contributed by atoms with van der Waals surface area (Å²) in [6, 6.07) is 0.107. The van der Waals surface area contributed by atoms with Crippen LogP contribution in [-0.2, 0) is 14.6 Å². The summed E-state index contributed by atoms with van der Waals surface area (Å²) < 4.78 is 33.8. The molecule has 0 spiro atoms. The number of sulfone groups is 1. The fraction of sp³-hybridized carbons (Fsp3) is 0.727. The van der Waals surface area contributed by atoms with Crippen LogP contribution in [0.1, 0.15) is 26.7 Å². The van der Waals surface area contributed by atoms with E-state index in [1.807, 2.05) is 13.8 Å². The first-order valence-electron chi connectivity index (χ1n) is 6.31. The fourth-order valence-electron chi connectivity index (χ4n) is 2.15. The summed E-state index contributed by atoms with van der Waals surface area (Å²) in [6.45, 7) is 4.48. The van der Waals surface area contributed by atoms with Crippen LogP contribution in [-0.4, -0.2) is 37.3 Å². The number of rotatable bonds is 5. The molecular formula is C11H19N3O3S2. The fourth-order valence-corrected chi connectivity index (χ4v) is 4.82. The average molecular weight is 305 g/mol. The van der Waals surface area contributed by atoms with E-state index >= 15 is 0 Å². The summed E-state index contributed by atoms with van der Waals surface area (Å²) in [4.78, 5) is 0.151. The molecule has 0 aromatic carbocycles. The van der Waals surface area contributed by atoms with Crippen molar-refractivity contribution in [1.29, 1.82) is 0 Å². The lowest BCUT2D eigenvalue weighted by Crippen LogP contribution is -2.27. The topological polar surface area (TPSA) is 94.3 Å². The van der Waals surface area contributed by atoms with Crippen LogP contribution >= 0.6 is 11.5 Å². The summed E-state index contributed by atoms with van der Waals surface area (Å²) in [5.41, 5.74) is 5.72. The normalized spacial score (nSPS) is 23.7. The SMILES string of the molecule is CCCS(=O)(=O)c1c(N)nsc1NC1CCOC1C. The number of nitrogens with one attached hydrogen (secondary N) is 1. The molecule has 0 radical (unpaired) electrons. The van der Waals surface area contributed by atoms with Crippen LogP contribution in [0.2, 0.25) is 0 Å². The van der Waals surface area contributed by atoms with Crippen molar-refractivity contribution in [3.63, 3.8) is 0 Å². The highest BCUT2D eigenvalue weighted by atomic mass is 32.2. The van der Waals surface area contributed by atoms with Crippen LogP contribution in [0.3, 0.4) is 0 Å². The minimum absolute atomic E-state index is 0.0602. The molecule has 8 heteroatoms. The molecule has 2 heterocycles. The van der Waals surface area contributed by atoms with E-state index in [0.717, 1.165) is 18.0 Å². The molecule has 3 N–H and O–H groups in total. The first-order chi connectivity index (χ1) is 8.95. The van der Waals surface area contributed by atoms with Gasteiger partial charge in [0, 0.05) is 6.61 Å². The molecule has 108 valence electrons. The highest BCUT2D eigenvalue weighted by molar-refractivity contribution is 7.91. The predicted molar refractivity (Wildman–Crippen MR) is 76.3 cm³/mol. The Bertz CT molecular complexity index is 541. The van der Waals surface area contributed by atoms with Gasteiger partial charge in [-0.1, -0.05) is 6.92 Å². The lowest BCUT2D eigenvalue weighted by Gasteiger charge is -2.16. The van der Waals surface area contributed by atoms with Gasteiger partial charge in [-0.15, -0.1) is 0 Å². The number of hydrogen-bond donors (Lipinski definition) is 2. The highest BCUT2D eigenvalue weighted by Gasteiger charge is 2.29. The number of ether oxygens (including phenoxy) is 1. The predicted octanol–water partition coefficient (Wildman–Crippen LogP) is 1.50. The van der Waals surface area contributed by atoms with Crippen molar-refractivity contribution >= 4 is 32.2 Å². The Labute approximate surface area is 117 Å². The maximum absolute atomic E-state index is 12.2. The third kappa shape index (κ3) is 3.01. The Kier molecular flexibility index (Phi) is 4.32. The van der Waals surface area contributed by atoms with Crippen molar-refractivity contribution in [2.24, 2.45) is 0 Å². The molecule has 0 bridgehead atoms. The van der Waals surface area contributed by atoms with E-state index in [1.165, 1.54) is 0 Å². The van der Waals surface area contributed by atoms with Gasteiger partial charge in [-0.05, 0) is 31.3 Å². The van der Waals surface area contributed by atoms with Gasteiger partial charge in [0.2, 0.25) is 0 Å². The molecule has 2 rings (SSSR count). The first-order valence-corrected chi connectivity index (χ1v) is 8.74. The second kappa shape index (κ2) is 5.64. The summed E-state index contributed by atoms with van der Waals surface area (Å²) in [5.74, 6) is 0.175.